The van der Waals surface area contributed by atoms with E-state index in [1.807, 2.05) is 48.5 Å². The molecule has 0 amide bonds. The van der Waals surface area contributed by atoms with Crippen LogP contribution in [0.3, 0.4) is 0 Å². The number of carbonyl (C=O) groups excluding carboxylic acids is 1. The van der Waals surface area contributed by atoms with E-state index < -0.39 is 5.60 Å². The highest BCUT2D eigenvalue weighted by Gasteiger charge is 2.38. The predicted molar refractivity (Wildman–Crippen MR) is 103 cm³/mol. The Hall–Kier alpha value is -2.49. The minimum Gasteiger partial charge on any atom is -0.496 e. The fraction of sp³-hybridized carbons (Fsp3) is 0.409. The monoisotopic (exact) mass is 356 g/mol. The Labute approximate surface area is 156 Å². The molecule has 4 heteroatoms. The maximum absolute atomic E-state index is 12.7. The lowest BCUT2D eigenvalue weighted by Crippen LogP contribution is -2.45. The fourth-order valence-corrected chi connectivity index (χ4v) is 2.83. The lowest BCUT2D eigenvalue weighted by Gasteiger charge is -2.29. The van der Waals surface area contributed by atoms with Crippen molar-refractivity contribution < 1.29 is 19.0 Å². The van der Waals surface area contributed by atoms with Crippen molar-refractivity contribution in [2.75, 3.05) is 13.7 Å². The van der Waals surface area contributed by atoms with E-state index in [2.05, 4.69) is 13.8 Å². The number of benzene rings is 2. The first-order chi connectivity index (χ1) is 12.4. The first-order valence-electron chi connectivity index (χ1n) is 8.97. The van der Waals surface area contributed by atoms with Crippen LogP contribution in [0.4, 0.5) is 0 Å². The SMILES string of the molecule is CCOC(=O)C(C)(Cc1ccccc1OC)Oc1ccc(C(C)C)cc1. The number of hydrogen-bond acceptors (Lipinski definition) is 4. The smallest absolute Gasteiger partial charge is 0.350 e. The molecule has 0 saturated heterocycles. The molecule has 2 rings (SSSR count). The van der Waals surface area contributed by atoms with Crippen LogP contribution in [0.5, 0.6) is 11.5 Å². The van der Waals surface area contributed by atoms with Crippen LogP contribution in [-0.4, -0.2) is 25.3 Å². The Balaban J connectivity index is 2.30. The predicted octanol–water partition coefficient (Wildman–Crippen LogP) is 4.76. The average molecular weight is 356 g/mol. The second-order valence-electron chi connectivity index (χ2n) is 6.77. The van der Waals surface area contributed by atoms with Gasteiger partial charge in [-0.2, -0.15) is 0 Å². The van der Waals surface area contributed by atoms with E-state index in [1.54, 1.807) is 21.0 Å². The summed E-state index contributed by atoms with van der Waals surface area (Å²) >= 11 is 0. The largest absolute Gasteiger partial charge is 0.496 e. The van der Waals surface area contributed by atoms with Gasteiger partial charge in [-0.3, -0.25) is 0 Å². The zero-order valence-corrected chi connectivity index (χ0v) is 16.2. The molecule has 0 fully saturated rings. The van der Waals surface area contributed by atoms with E-state index in [0.717, 1.165) is 11.3 Å². The van der Waals surface area contributed by atoms with Gasteiger partial charge >= 0.3 is 5.97 Å². The molecule has 4 nitrogen and oxygen atoms in total. The summed E-state index contributed by atoms with van der Waals surface area (Å²) in [6.07, 6.45) is 0.349. The topological polar surface area (TPSA) is 44.8 Å². The molecule has 0 saturated carbocycles. The van der Waals surface area contributed by atoms with Gasteiger partial charge in [0.05, 0.1) is 13.7 Å². The van der Waals surface area contributed by atoms with Crippen LogP contribution >= 0.6 is 0 Å². The van der Waals surface area contributed by atoms with Gasteiger partial charge in [-0.15, -0.1) is 0 Å². The summed E-state index contributed by atoms with van der Waals surface area (Å²) in [6.45, 7) is 8.13. The number of methoxy groups -OCH3 is 1. The van der Waals surface area contributed by atoms with E-state index in [9.17, 15) is 4.79 Å². The van der Waals surface area contributed by atoms with Crippen LogP contribution in [0.25, 0.3) is 0 Å². The summed E-state index contributed by atoms with van der Waals surface area (Å²) in [5.41, 5.74) is 0.966. The Morgan fingerprint density at radius 3 is 2.31 bits per heavy atom. The second-order valence-corrected chi connectivity index (χ2v) is 6.77. The number of ether oxygens (including phenoxy) is 3. The van der Waals surface area contributed by atoms with Gasteiger partial charge in [0.15, 0.2) is 0 Å². The average Bonchev–Trinajstić information content (AvgIpc) is 2.62. The zero-order chi connectivity index (χ0) is 19.2. The Kier molecular flexibility index (Phi) is 6.67. The van der Waals surface area contributed by atoms with E-state index in [4.69, 9.17) is 14.2 Å². The molecule has 0 bridgehead atoms. The Morgan fingerprint density at radius 2 is 1.73 bits per heavy atom. The molecule has 1 unspecified atom stereocenters. The minimum atomic E-state index is -1.15. The van der Waals surface area contributed by atoms with Gasteiger partial charge in [0.25, 0.3) is 0 Å². The number of carbonyl (C=O) groups is 1. The number of para-hydroxylation sites is 1. The van der Waals surface area contributed by atoms with Crippen molar-refractivity contribution in [3.05, 3.63) is 59.7 Å². The first-order valence-corrected chi connectivity index (χ1v) is 8.97. The molecule has 0 aromatic heterocycles. The lowest BCUT2D eigenvalue weighted by molar-refractivity contribution is -0.160. The highest BCUT2D eigenvalue weighted by Crippen LogP contribution is 2.29. The molecular weight excluding hydrogens is 328 g/mol. The standard InChI is InChI=1S/C22H28O4/c1-6-25-21(23)22(4,15-18-9-7-8-10-20(18)24-5)26-19-13-11-17(12-14-19)16(2)3/h7-14,16H,6,15H2,1-5H3. The molecule has 0 aliphatic rings. The zero-order valence-electron chi connectivity index (χ0n) is 16.2. The quantitative estimate of drug-likeness (QED) is 0.640. The third-order valence-corrected chi connectivity index (χ3v) is 4.32. The third kappa shape index (κ3) is 4.78. The molecule has 1 atom stereocenters. The van der Waals surface area contributed by atoms with Crippen molar-refractivity contribution in [3.63, 3.8) is 0 Å². The van der Waals surface area contributed by atoms with Gasteiger partial charge in [0.2, 0.25) is 5.60 Å². The molecule has 0 spiro atoms. The molecule has 26 heavy (non-hydrogen) atoms. The summed E-state index contributed by atoms with van der Waals surface area (Å²) in [7, 11) is 1.62. The van der Waals surface area contributed by atoms with Crippen LogP contribution in [0.2, 0.25) is 0 Å². The molecule has 140 valence electrons. The van der Waals surface area contributed by atoms with E-state index in [1.165, 1.54) is 5.56 Å². The van der Waals surface area contributed by atoms with Crippen LogP contribution in [0.1, 0.15) is 44.7 Å². The summed E-state index contributed by atoms with van der Waals surface area (Å²) in [5.74, 6) is 1.41. The van der Waals surface area contributed by atoms with Crippen LogP contribution in [0.15, 0.2) is 48.5 Å². The van der Waals surface area contributed by atoms with Crippen molar-refractivity contribution >= 4 is 5.97 Å². The van der Waals surface area contributed by atoms with E-state index >= 15 is 0 Å². The fourth-order valence-electron chi connectivity index (χ4n) is 2.83. The molecule has 2 aromatic carbocycles. The van der Waals surface area contributed by atoms with Gasteiger partial charge < -0.3 is 14.2 Å². The summed E-state index contributed by atoms with van der Waals surface area (Å²) in [4.78, 5) is 12.7. The van der Waals surface area contributed by atoms with E-state index in [-0.39, 0.29) is 5.97 Å². The highest BCUT2D eigenvalue weighted by molar-refractivity contribution is 5.80. The van der Waals surface area contributed by atoms with E-state index in [0.29, 0.717) is 24.7 Å². The highest BCUT2D eigenvalue weighted by atomic mass is 16.6. The second kappa shape index (κ2) is 8.75. The third-order valence-electron chi connectivity index (χ3n) is 4.32. The van der Waals surface area contributed by atoms with Gasteiger partial charge in [-0.25, -0.2) is 4.79 Å². The molecule has 2 aromatic rings. The van der Waals surface area contributed by atoms with Gasteiger partial charge in [0.1, 0.15) is 11.5 Å². The van der Waals surface area contributed by atoms with Crippen molar-refractivity contribution in [2.24, 2.45) is 0 Å². The molecule has 0 aliphatic heterocycles. The van der Waals surface area contributed by atoms with Crippen molar-refractivity contribution in [3.8, 4) is 11.5 Å². The summed E-state index contributed by atoms with van der Waals surface area (Å²) < 4.78 is 16.8. The van der Waals surface area contributed by atoms with Crippen molar-refractivity contribution in [2.45, 2.75) is 45.6 Å². The molecular formula is C22H28O4. The van der Waals surface area contributed by atoms with Crippen molar-refractivity contribution in [1.82, 2.24) is 0 Å². The van der Waals surface area contributed by atoms with Crippen LogP contribution in [-0.2, 0) is 16.0 Å². The van der Waals surface area contributed by atoms with Crippen LogP contribution in [0, 0.1) is 0 Å². The summed E-state index contributed by atoms with van der Waals surface area (Å²) in [6, 6.07) is 15.5. The first kappa shape index (κ1) is 19.8. The molecule has 0 N–H and O–H groups in total. The van der Waals surface area contributed by atoms with Gasteiger partial charge in [-0.1, -0.05) is 44.2 Å². The molecule has 0 radical (unpaired) electrons. The number of esters is 1. The normalized spacial score (nSPS) is 13.2. The van der Waals surface area contributed by atoms with Crippen molar-refractivity contribution in [1.29, 1.82) is 0 Å². The molecule has 0 aliphatic carbocycles. The maximum Gasteiger partial charge on any atom is 0.350 e. The lowest BCUT2D eigenvalue weighted by atomic mass is 9.95. The van der Waals surface area contributed by atoms with Gasteiger partial charge in [0, 0.05) is 6.42 Å². The maximum atomic E-state index is 12.7. The van der Waals surface area contributed by atoms with Gasteiger partial charge in [-0.05, 0) is 49.1 Å². The number of rotatable bonds is 8. The Bertz CT molecular complexity index is 721. The Morgan fingerprint density at radius 1 is 1.08 bits per heavy atom. The summed E-state index contributed by atoms with van der Waals surface area (Å²) in [5, 5.41) is 0. The number of hydrogen-bond donors (Lipinski definition) is 0. The minimum absolute atomic E-state index is 0.302. The molecule has 0 heterocycles. The van der Waals surface area contributed by atoms with Crippen LogP contribution < -0.4 is 9.47 Å².